The fourth-order valence-corrected chi connectivity index (χ4v) is 2.37. The van der Waals surface area contributed by atoms with Crippen molar-refractivity contribution >= 4 is 39.8 Å². The Kier molecular flexibility index (Phi) is 3.23. The second-order valence-electron chi connectivity index (χ2n) is 4.52. The first-order valence-electron chi connectivity index (χ1n) is 6.20. The summed E-state index contributed by atoms with van der Waals surface area (Å²) in [5.41, 5.74) is 7.57. The molecule has 0 radical (unpaired) electrons. The number of aromatic nitrogens is 3. The van der Waals surface area contributed by atoms with Crippen molar-refractivity contribution in [3.63, 3.8) is 0 Å². The molecule has 0 fully saturated rings. The van der Waals surface area contributed by atoms with Crippen molar-refractivity contribution in [2.24, 2.45) is 7.05 Å². The number of nitrogens with one attached hydrogen (secondary N) is 1. The SMILES string of the molecule is Cn1ncc(N)c1C(=O)Nc1ccc(Cl)c2cccnc12. The van der Waals surface area contributed by atoms with Gasteiger partial charge in [-0.15, -0.1) is 0 Å². The quantitative estimate of drug-likeness (QED) is 0.761. The topological polar surface area (TPSA) is 85.8 Å². The van der Waals surface area contributed by atoms with Crippen LogP contribution in [0.1, 0.15) is 10.5 Å². The molecule has 2 aromatic heterocycles. The van der Waals surface area contributed by atoms with Crippen molar-refractivity contribution in [3.05, 3.63) is 47.4 Å². The van der Waals surface area contributed by atoms with E-state index in [1.165, 1.54) is 10.9 Å². The summed E-state index contributed by atoms with van der Waals surface area (Å²) >= 11 is 6.13. The van der Waals surface area contributed by atoms with Gasteiger partial charge in [-0.05, 0) is 24.3 Å². The zero-order valence-corrected chi connectivity index (χ0v) is 11.9. The Morgan fingerprint density at radius 3 is 2.90 bits per heavy atom. The van der Waals surface area contributed by atoms with E-state index in [9.17, 15) is 4.79 Å². The molecular formula is C14H12ClN5O. The summed E-state index contributed by atoms with van der Waals surface area (Å²) in [6, 6.07) is 7.06. The van der Waals surface area contributed by atoms with Gasteiger partial charge >= 0.3 is 0 Å². The van der Waals surface area contributed by atoms with E-state index < -0.39 is 0 Å². The highest BCUT2D eigenvalue weighted by atomic mass is 35.5. The Balaban J connectivity index is 2.03. The van der Waals surface area contributed by atoms with Crippen molar-refractivity contribution in [3.8, 4) is 0 Å². The third-order valence-corrected chi connectivity index (χ3v) is 3.48. The number of anilines is 2. The van der Waals surface area contributed by atoms with E-state index in [0.717, 1.165) is 5.39 Å². The fourth-order valence-electron chi connectivity index (χ4n) is 2.15. The Morgan fingerprint density at radius 1 is 1.38 bits per heavy atom. The number of amides is 1. The molecule has 7 heteroatoms. The van der Waals surface area contributed by atoms with Crippen LogP contribution >= 0.6 is 11.6 Å². The van der Waals surface area contributed by atoms with Crippen LogP contribution in [-0.2, 0) is 7.05 Å². The molecule has 0 unspecified atom stereocenters. The fraction of sp³-hybridized carbons (Fsp3) is 0.0714. The molecule has 3 N–H and O–H groups in total. The minimum absolute atomic E-state index is 0.300. The van der Waals surface area contributed by atoms with Gasteiger partial charge in [0.1, 0.15) is 5.69 Å². The number of halogens is 1. The number of carbonyl (C=O) groups excluding carboxylic acids is 1. The standard InChI is InChI=1S/C14H12ClN5O/c1-20-13(10(16)7-18-20)14(21)19-11-5-4-9(15)8-3-2-6-17-12(8)11/h2-7H,16H2,1H3,(H,19,21). The number of hydrogen-bond acceptors (Lipinski definition) is 4. The van der Waals surface area contributed by atoms with E-state index in [0.29, 0.717) is 27.6 Å². The van der Waals surface area contributed by atoms with Crippen LogP contribution in [0, 0.1) is 0 Å². The summed E-state index contributed by atoms with van der Waals surface area (Å²) in [5.74, 6) is -0.346. The van der Waals surface area contributed by atoms with E-state index >= 15 is 0 Å². The van der Waals surface area contributed by atoms with Crippen LogP contribution in [0.5, 0.6) is 0 Å². The third-order valence-electron chi connectivity index (χ3n) is 3.15. The minimum atomic E-state index is -0.346. The van der Waals surface area contributed by atoms with Crippen molar-refractivity contribution in [2.75, 3.05) is 11.1 Å². The van der Waals surface area contributed by atoms with Crippen LogP contribution in [0.3, 0.4) is 0 Å². The number of aryl methyl sites for hydroxylation is 1. The normalized spacial score (nSPS) is 10.8. The summed E-state index contributed by atoms with van der Waals surface area (Å²) in [5, 5.41) is 8.10. The molecule has 1 aromatic carbocycles. The van der Waals surface area contributed by atoms with Crippen LogP contribution < -0.4 is 11.1 Å². The lowest BCUT2D eigenvalue weighted by Crippen LogP contribution is -2.18. The van der Waals surface area contributed by atoms with E-state index in [4.69, 9.17) is 17.3 Å². The van der Waals surface area contributed by atoms with Gasteiger partial charge in [0.05, 0.1) is 28.1 Å². The number of nitrogen functional groups attached to an aromatic ring is 1. The van der Waals surface area contributed by atoms with Crippen molar-refractivity contribution in [1.29, 1.82) is 0 Å². The molecule has 21 heavy (non-hydrogen) atoms. The Morgan fingerprint density at radius 2 is 2.19 bits per heavy atom. The molecule has 0 spiro atoms. The Bertz CT molecular complexity index is 823. The minimum Gasteiger partial charge on any atom is -0.396 e. The zero-order chi connectivity index (χ0) is 15.0. The average Bonchev–Trinajstić information content (AvgIpc) is 2.81. The molecule has 6 nitrogen and oxygen atoms in total. The Hall–Kier alpha value is -2.60. The van der Waals surface area contributed by atoms with Crippen molar-refractivity contribution in [1.82, 2.24) is 14.8 Å². The summed E-state index contributed by atoms with van der Waals surface area (Å²) in [7, 11) is 1.66. The van der Waals surface area contributed by atoms with Crippen LogP contribution in [0.15, 0.2) is 36.7 Å². The van der Waals surface area contributed by atoms with Crippen LogP contribution in [0.4, 0.5) is 11.4 Å². The van der Waals surface area contributed by atoms with Gasteiger partial charge in [-0.2, -0.15) is 5.10 Å². The number of nitrogens with two attached hydrogens (primary N) is 1. The second-order valence-corrected chi connectivity index (χ2v) is 4.93. The molecule has 106 valence electrons. The van der Waals surface area contributed by atoms with Gasteiger partial charge in [-0.25, -0.2) is 0 Å². The van der Waals surface area contributed by atoms with Gasteiger partial charge in [0.25, 0.3) is 5.91 Å². The van der Waals surface area contributed by atoms with Gasteiger partial charge in [-0.3, -0.25) is 14.5 Å². The lowest BCUT2D eigenvalue weighted by molar-refractivity contribution is 0.101. The molecule has 0 bridgehead atoms. The largest absolute Gasteiger partial charge is 0.396 e. The van der Waals surface area contributed by atoms with Gasteiger partial charge in [0, 0.05) is 18.6 Å². The predicted octanol–water partition coefficient (Wildman–Crippen LogP) is 2.46. The predicted molar refractivity (Wildman–Crippen MR) is 82.3 cm³/mol. The molecule has 0 aliphatic carbocycles. The lowest BCUT2D eigenvalue weighted by Gasteiger charge is -2.09. The first kappa shape index (κ1) is 13.4. The highest BCUT2D eigenvalue weighted by Gasteiger charge is 2.16. The molecule has 0 aliphatic rings. The smallest absolute Gasteiger partial charge is 0.276 e. The monoisotopic (exact) mass is 301 g/mol. The van der Waals surface area contributed by atoms with E-state index in [1.807, 2.05) is 6.07 Å². The van der Waals surface area contributed by atoms with E-state index in [2.05, 4.69) is 15.4 Å². The maximum Gasteiger partial charge on any atom is 0.276 e. The molecule has 2 heterocycles. The number of nitrogens with zero attached hydrogens (tertiary/aromatic N) is 3. The highest BCUT2D eigenvalue weighted by Crippen LogP contribution is 2.28. The number of benzene rings is 1. The molecular weight excluding hydrogens is 290 g/mol. The lowest BCUT2D eigenvalue weighted by atomic mass is 10.2. The van der Waals surface area contributed by atoms with Gasteiger partial charge in [-0.1, -0.05) is 11.6 Å². The maximum absolute atomic E-state index is 12.3. The molecule has 0 saturated carbocycles. The average molecular weight is 302 g/mol. The van der Waals surface area contributed by atoms with Gasteiger partial charge < -0.3 is 11.1 Å². The molecule has 3 aromatic rings. The van der Waals surface area contributed by atoms with Crippen LogP contribution in [0.2, 0.25) is 5.02 Å². The second kappa shape index (κ2) is 5.06. The molecule has 1 amide bonds. The highest BCUT2D eigenvalue weighted by molar-refractivity contribution is 6.36. The van der Waals surface area contributed by atoms with Crippen LogP contribution in [-0.4, -0.2) is 20.7 Å². The van der Waals surface area contributed by atoms with Crippen LogP contribution in [0.25, 0.3) is 10.9 Å². The number of pyridine rings is 1. The number of hydrogen-bond donors (Lipinski definition) is 2. The number of rotatable bonds is 2. The summed E-state index contributed by atoms with van der Waals surface area (Å²) in [4.78, 5) is 16.6. The summed E-state index contributed by atoms with van der Waals surface area (Å²) in [6.07, 6.45) is 3.08. The molecule has 3 rings (SSSR count). The maximum atomic E-state index is 12.3. The molecule has 0 aliphatic heterocycles. The van der Waals surface area contributed by atoms with E-state index in [1.54, 1.807) is 31.4 Å². The van der Waals surface area contributed by atoms with Gasteiger partial charge in [0.2, 0.25) is 0 Å². The molecule has 0 atom stereocenters. The van der Waals surface area contributed by atoms with E-state index in [-0.39, 0.29) is 5.91 Å². The summed E-state index contributed by atoms with van der Waals surface area (Å²) in [6.45, 7) is 0. The summed E-state index contributed by atoms with van der Waals surface area (Å²) < 4.78 is 1.43. The Labute approximate surface area is 125 Å². The zero-order valence-electron chi connectivity index (χ0n) is 11.2. The first-order valence-corrected chi connectivity index (χ1v) is 6.58. The van der Waals surface area contributed by atoms with Crippen molar-refractivity contribution < 1.29 is 4.79 Å². The third kappa shape index (κ3) is 2.30. The van der Waals surface area contributed by atoms with Gasteiger partial charge in [0.15, 0.2) is 0 Å². The van der Waals surface area contributed by atoms with Crippen molar-refractivity contribution in [2.45, 2.75) is 0 Å². The number of carbonyl (C=O) groups is 1. The molecule has 0 saturated heterocycles. The number of fused-ring (bicyclic) bond motifs is 1. The first-order chi connectivity index (χ1) is 10.1.